The van der Waals surface area contributed by atoms with Crippen molar-refractivity contribution in [1.29, 1.82) is 0 Å². The highest BCUT2D eigenvalue weighted by molar-refractivity contribution is 6.05. The van der Waals surface area contributed by atoms with Gasteiger partial charge in [-0.25, -0.2) is 4.79 Å². The summed E-state index contributed by atoms with van der Waals surface area (Å²) in [6.45, 7) is 6.38. The average Bonchev–Trinajstić information content (AvgIpc) is 2.88. The molecule has 0 aliphatic carbocycles. The van der Waals surface area contributed by atoms with Gasteiger partial charge in [-0.3, -0.25) is 9.59 Å². The quantitative estimate of drug-likeness (QED) is 0.643. The van der Waals surface area contributed by atoms with Crippen molar-refractivity contribution in [1.82, 2.24) is 4.98 Å². The number of esters is 1. The van der Waals surface area contributed by atoms with Crippen molar-refractivity contribution >= 4 is 17.5 Å². The Morgan fingerprint density at radius 2 is 1.84 bits per heavy atom. The molecule has 132 valence electrons. The SMILES string of the molecule is COc1cccc(C(=O)O[C@H](C)C(=O)c2[nH]c(C)c(C(C)=O)c2C)c1. The van der Waals surface area contributed by atoms with E-state index < -0.39 is 12.1 Å². The number of hydrogen-bond donors (Lipinski definition) is 1. The zero-order valence-electron chi connectivity index (χ0n) is 14.9. The number of nitrogens with one attached hydrogen (secondary N) is 1. The summed E-state index contributed by atoms with van der Waals surface area (Å²) in [4.78, 5) is 39.4. The lowest BCUT2D eigenvalue weighted by Crippen LogP contribution is -2.25. The molecule has 0 saturated heterocycles. The third-order valence-corrected chi connectivity index (χ3v) is 3.99. The highest BCUT2D eigenvalue weighted by atomic mass is 16.5. The first kappa shape index (κ1) is 18.4. The Labute approximate surface area is 146 Å². The van der Waals surface area contributed by atoms with Crippen molar-refractivity contribution in [2.24, 2.45) is 0 Å². The number of ketones is 2. The number of Topliss-reactive ketones (excluding diaryl/α,β-unsaturated/α-hetero) is 2. The van der Waals surface area contributed by atoms with Crippen LogP contribution in [0.5, 0.6) is 5.75 Å². The van der Waals surface area contributed by atoms with Crippen molar-refractivity contribution in [3.8, 4) is 5.75 Å². The molecule has 0 aliphatic rings. The van der Waals surface area contributed by atoms with Gasteiger partial charge in [-0.2, -0.15) is 0 Å². The van der Waals surface area contributed by atoms with Gasteiger partial charge >= 0.3 is 5.97 Å². The number of carbonyl (C=O) groups is 3. The molecule has 0 unspecified atom stereocenters. The van der Waals surface area contributed by atoms with Gasteiger partial charge in [-0.1, -0.05) is 6.07 Å². The fraction of sp³-hybridized carbons (Fsp3) is 0.316. The molecule has 1 aromatic heterocycles. The van der Waals surface area contributed by atoms with Gasteiger partial charge in [0.25, 0.3) is 0 Å². The van der Waals surface area contributed by atoms with Crippen molar-refractivity contribution in [3.05, 3.63) is 52.3 Å². The van der Waals surface area contributed by atoms with E-state index >= 15 is 0 Å². The molecule has 1 N–H and O–H groups in total. The van der Waals surface area contributed by atoms with Crippen molar-refractivity contribution in [3.63, 3.8) is 0 Å². The van der Waals surface area contributed by atoms with Gasteiger partial charge in [0, 0.05) is 11.3 Å². The highest BCUT2D eigenvalue weighted by Gasteiger charge is 2.26. The molecule has 25 heavy (non-hydrogen) atoms. The molecule has 0 spiro atoms. The first-order valence-electron chi connectivity index (χ1n) is 7.85. The summed E-state index contributed by atoms with van der Waals surface area (Å²) >= 11 is 0. The zero-order chi connectivity index (χ0) is 18.7. The van der Waals surface area contributed by atoms with E-state index in [0.29, 0.717) is 28.1 Å². The van der Waals surface area contributed by atoms with Crippen LogP contribution in [-0.4, -0.2) is 35.7 Å². The van der Waals surface area contributed by atoms with Crippen LogP contribution in [0.25, 0.3) is 0 Å². The molecule has 1 aromatic carbocycles. The normalized spacial score (nSPS) is 11.7. The smallest absolute Gasteiger partial charge is 0.338 e. The van der Waals surface area contributed by atoms with E-state index in [2.05, 4.69) is 4.98 Å². The van der Waals surface area contributed by atoms with Gasteiger partial charge in [0.05, 0.1) is 18.4 Å². The lowest BCUT2D eigenvalue weighted by molar-refractivity contribution is 0.0316. The number of methoxy groups -OCH3 is 1. The van der Waals surface area contributed by atoms with Crippen molar-refractivity contribution < 1.29 is 23.9 Å². The number of carbonyl (C=O) groups excluding carboxylic acids is 3. The van der Waals surface area contributed by atoms with Crippen LogP contribution in [0.4, 0.5) is 0 Å². The molecule has 6 nitrogen and oxygen atoms in total. The van der Waals surface area contributed by atoms with E-state index in [9.17, 15) is 14.4 Å². The summed E-state index contributed by atoms with van der Waals surface area (Å²) < 4.78 is 10.3. The zero-order valence-corrected chi connectivity index (χ0v) is 14.9. The Morgan fingerprint density at radius 1 is 1.16 bits per heavy atom. The Kier molecular flexibility index (Phi) is 5.41. The maximum absolute atomic E-state index is 12.6. The minimum absolute atomic E-state index is 0.119. The molecule has 0 amide bonds. The molecule has 0 bridgehead atoms. The van der Waals surface area contributed by atoms with Crippen LogP contribution in [-0.2, 0) is 4.74 Å². The minimum Gasteiger partial charge on any atom is -0.497 e. The summed E-state index contributed by atoms with van der Waals surface area (Å²) in [5.74, 6) is -0.599. The molecule has 2 rings (SSSR count). The van der Waals surface area contributed by atoms with Gasteiger partial charge < -0.3 is 14.5 Å². The standard InChI is InChI=1S/C19H21NO5/c1-10-16(12(3)21)11(2)20-17(10)18(22)13(4)25-19(23)14-7-6-8-15(9-14)24-5/h6-9,13,20H,1-5H3/t13-/m1/s1. The van der Waals surface area contributed by atoms with Crippen molar-refractivity contribution in [2.45, 2.75) is 33.8 Å². The predicted octanol–water partition coefficient (Wildman–Crippen LogP) is 3.27. The van der Waals surface area contributed by atoms with Crippen LogP contribution in [0.2, 0.25) is 0 Å². The monoisotopic (exact) mass is 343 g/mol. The maximum atomic E-state index is 12.6. The van der Waals surface area contributed by atoms with Crippen molar-refractivity contribution in [2.75, 3.05) is 7.11 Å². The minimum atomic E-state index is -0.991. The third kappa shape index (κ3) is 3.79. The number of ether oxygens (including phenoxy) is 2. The molecule has 1 heterocycles. The molecule has 2 aromatic rings. The number of H-pyrrole nitrogens is 1. The van der Waals surface area contributed by atoms with E-state index in [-0.39, 0.29) is 17.3 Å². The number of hydrogen-bond acceptors (Lipinski definition) is 5. The molecular formula is C19H21NO5. The van der Waals surface area contributed by atoms with E-state index in [1.165, 1.54) is 27.0 Å². The summed E-state index contributed by atoms with van der Waals surface area (Å²) in [7, 11) is 1.50. The van der Waals surface area contributed by atoms with Crippen LogP contribution < -0.4 is 4.74 Å². The first-order valence-corrected chi connectivity index (χ1v) is 7.85. The van der Waals surface area contributed by atoms with Crippen LogP contribution in [0.3, 0.4) is 0 Å². The van der Waals surface area contributed by atoms with Gasteiger partial charge in [-0.15, -0.1) is 0 Å². The summed E-state index contributed by atoms with van der Waals surface area (Å²) in [6.07, 6.45) is -0.991. The van der Waals surface area contributed by atoms with E-state index in [0.717, 1.165) is 0 Å². The number of aryl methyl sites for hydroxylation is 1. The summed E-state index contributed by atoms with van der Waals surface area (Å²) in [5, 5.41) is 0. The number of aromatic amines is 1. The second-order valence-electron chi connectivity index (χ2n) is 5.82. The number of benzene rings is 1. The Morgan fingerprint density at radius 3 is 2.40 bits per heavy atom. The summed E-state index contributed by atoms with van der Waals surface area (Å²) in [5.41, 5.74) is 2.27. The predicted molar refractivity (Wildman–Crippen MR) is 92.5 cm³/mol. The second-order valence-corrected chi connectivity index (χ2v) is 5.82. The Balaban J connectivity index is 2.19. The van der Waals surface area contributed by atoms with E-state index in [1.54, 1.807) is 32.0 Å². The maximum Gasteiger partial charge on any atom is 0.338 e. The largest absolute Gasteiger partial charge is 0.497 e. The molecule has 0 radical (unpaired) electrons. The van der Waals surface area contributed by atoms with E-state index in [1.807, 2.05) is 0 Å². The van der Waals surface area contributed by atoms with Crippen LogP contribution >= 0.6 is 0 Å². The van der Waals surface area contributed by atoms with Gasteiger partial charge in [0.1, 0.15) is 5.75 Å². The second kappa shape index (κ2) is 7.34. The fourth-order valence-electron chi connectivity index (χ4n) is 2.76. The fourth-order valence-corrected chi connectivity index (χ4v) is 2.76. The van der Waals surface area contributed by atoms with Gasteiger partial charge in [0.15, 0.2) is 11.9 Å². The lowest BCUT2D eigenvalue weighted by Gasteiger charge is -2.12. The Hall–Kier alpha value is -2.89. The summed E-state index contributed by atoms with van der Waals surface area (Å²) in [6, 6.07) is 6.50. The molecule has 0 aliphatic heterocycles. The van der Waals surface area contributed by atoms with E-state index in [4.69, 9.17) is 9.47 Å². The number of aromatic nitrogens is 1. The molecular weight excluding hydrogens is 322 g/mol. The molecule has 0 saturated carbocycles. The van der Waals surface area contributed by atoms with Crippen LogP contribution in [0.15, 0.2) is 24.3 Å². The first-order chi connectivity index (χ1) is 11.8. The van der Waals surface area contributed by atoms with Crippen LogP contribution in [0, 0.1) is 13.8 Å². The molecule has 6 heteroatoms. The van der Waals surface area contributed by atoms with Crippen LogP contribution in [0.1, 0.15) is 56.3 Å². The molecule has 0 fully saturated rings. The lowest BCUT2D eigenvalue weighted by atomic mass is 10.0. The Bertz CT molecular complexity index is 834. The van der Waals surface area contributed by atoms with Gasteiger partial charge in [-0.05, 0) is 51.5 Å². The topological polar surface area (TPSA) is 85.5 Å². The number of rotatable bonds is 6. The average molecular weight is 343 g/mol. The van der Waals surface area contributed by atoms with Gasteiger partial charge in [0.2, 0.25) is 5.78 Å². The molecule has 1 atom stereocenters. The third-order valence-electron chi connectivity index (χ3n) is 3.99. The highest BCUT2D eigenvalue weighted by Crippen LogP contribution is 2.21.